The molecule has 1 aromatic rings. The second kappa shape index (κ2) is 6.92. The van der Waals surface area contributed by atoms with Crippen LogP contribution in [0.15, 0.2) is 18.2 Å². The van der Waals surface area contributed by atoms with E-state index in [1.54, 1.807) is 11.0 Å². The van der Waals surface area contributed by atoms with Gasteiger partial charge in [-0.15, -0.1) is 0 Å². The number of nitrogens with zero attached hydrogens (tertiary/aromatic N) is 2. The Kier molecular flexibility index (Phi) is 4.98. The van der Waals surface area contributed by atoms with Gasteiger partial charge in [-0.2, -0.15) is 5.26 Å². The Hall–Kier alpha value is -2.30. The summed E-state index contributed by atoms with van der Waals surface area (Å²) in [5.41, 5.74) is 2.17. The number of aryl methyl sites for hydroxylation is 1. The Labute approximate surface area is 125 Å². The number of nitriles is 1. The predicted molar refractivity (Wildman–Crippen MR) is 79.4 cm³/mol. The van der Waals surface area contributed by atoms with Crippen molar-refractivity contribution in [3.63, 3.8) is 0 Å². The normalized spacial score (nSPS) is 13.0. The molecule has 4 nitrogen and oxygen atoms in total. The molecule has 1 saturated carbocycles. The van der Waals surface area contributed by atoms with E-state index in [2.05, 4.69) is 17.9 Å². The van der Waals surface area contributed by atoms with Gasteiger partial charge in [0.15, 0.2) is 0 Å². The van der Waals surface area contributed by atoms with Gasteiger partial charge in [-0.1, -0.05) is 23.5 Å². The first-order chi connectivity index (χ1) is 10.2. The SMILES string of the molecule is Cc1ccc(C#CCO)c(C(=O)N(CCC#N)C2CC2)c1. The van der Waals surface area contributed by atoms with Crippen molar-refractivity contribution in [1.82, 2.24) is 4.90 Å². The van der Waals surface area contributed by atoms with Crippen LogP contribution >= 0.6 is 0 Å². The van der Waals surface area contributed by atoms with Gasteiger partial charge in [-0.05, 0) is 31.9 Å². The molecular formula is C17H18N2O2. The lowest BCUT2D eigenvalue weighted by Crippen LogP contribution is -2.34. The molecule has 1 aromatic carbocycles. The lowest BCUT2D eigenvalue weighted by molar-refractivity contribution is 0.0746. The molecule has 0 heterocycles. The molecule has 0 atom stereocenters. The van der Waals surface area contributed by atoms with Gasteiger partial charge >= 0.3 is 0 Å². The molecule has 0 aliphatic heterocycles. The van der Waals surface area contributed by atoms with Crippen molar-refractivity contribution in [3.8, 4) is 17.9 Å². The zero-order valence-electron chi connectivity index (χ0n) is 12.1. The van der Waals surface area contributed by atoms with E-state index in [0.29, 0.717) is 24.1 Å². The Balaban J connectivity index is 2.31. The maximum absolute atomic E-state index is 12.8. The van der Waals surface area contributed by atoms with Crippen molar-refractivity contribution in [3.05, 3.63) is 34.9 Å². The monoisotopic (exact) mass is 282 g/mol. The zero-order valence-corrected chi connectivity index (χ0v) is 12.1. The van der Waals surface area contributed by atoms with Gasteiger partial charge in [0, 0.05) is 18.2 Å². The molecule has 1 aliphatic rings. The van der Waals surface area contributed by atoms with E-state index in [4.69, 9.17) is 10.4 Å². The number of benzene rings is 1. The lowest BCUT2D eigenvalue weighted by atomic mass is 10.0. The third-order valence-electron chi connectivity index (χ3n) is 3.42. The average Bonchev–Trinajstić information content (AvgIpc) is 3.31. The van der Waals surface area contributed by atoms with Crippen molar-refractivity contribution < 1.29 is 9.90 Å². The fourth-order valence-electron chi connectivity index (χ4n) is 2.24. The predicted octanol–water partition coefficient (Wildman–Crippen LogP) is 1.86. The zero-order chi connectivity index (χ0) is 15.2. The molecule has 0 spiro atoms. The minimum absolute atomic E-state index is 0.0707. The molecule has 108 valence electrons. The largest absolute Gasteiger partial charge is 0.384 e. The first-order valence-corrected chi connectivity index (χ1v) is 7.05. The van der Waals surface area contributed by atoms with Crippen LogP contribution in [0, 0.1) is 30.1 Å². The van der Waals surface area contributed by atoms with Gasteiger partial charge in [0.2, 0.25) is 0 Å². The number of hydrogen-bond donors (Lipinski definition) is 1. The molecule has 0 radical (unpaired) electrons. The molecular weight excluding hydrogens is 264 g/mol. The number of hydrogen-bond acceptors (Lipinski definition) is 3. The number of aliphatic hydroxyl groups is 1. The summed E-state index contributed by atoms with van der Waals surface area (Å²) in [5.74, 6) is 5.35. The smallest absolute Gasteiger partial charge is 0.255 e. The molecule has 0 aromatic heterocycles. The summed E-state index contributed by atoms with van der Waals surface area (Å²) in [6.07, 6.45) is 2.34. The van der Waals surface area contributed by atoms with Gasteiger partial charge in [-0.3, -0.25) is 4.79 Å². The molecule has 2 rings (SSSR count). The summed E-state index contributed by atoms with van der Waals surface area (Å²) >= 11 is 0. The summed E-state index contributed by atoms with van der Waals surface area (Å²) < 4.78 is 0. The quantitative estimate of drug-likeness (QED) is 0.857. The highest BCUT2D eigenvalue weighted by Gasteiger charge is 2.33. The van der Waals surface area contributed by atoms with Gasteiger partial charge in [-0.25, -0.2) is 0 Å². The van der Waals surface area contributed by atoms with Crippen LogP contribution in [0.2, 0.25) is 0 Å². The Bertz CT molecular complexity index is 630. The highest BCUT2D eigenvalue weighted by atomic mass is 16.2. The summed E-state index contributed by atoms with van der Waals surface area (Å²) in [6, 6.07) is 7.88. The van der Waals surface area contributed by atoms with Crippen LogP contribution in [0.5, 0.6) is 0 Å². The van der Waals surface area contributed by atoms with Crippen molar-refractivity contribution in [2.24, 2.45) is 0 Å². The van der Waals surface area contributed by atoms with E-state index in [1.807, 2.05) is 19.1 Å². The van der Waals surface area contributed by atoms with E-state index < -0.39 is 0 Å². The van der Waals surface area contributed by atoms with Crippen LogP contribution in [0.25, 0.3) is 0 Å². The van der Waals surface area contributed by atoms with Gasteiger partial charge in [0.05, 0.1) is 18.1 Å². The number of carbonyl (C=O) groups excluding carboxylic acids is 1. The van der Waals surface area contributed by atoms with Crippen LogP contribution in [0.3, 0.4) is 0 Å². The van der Waals surface area contributed by atoms with Crippen molar-refractivity contribution >= 4 is 5.91 Å². The van der Waals surface area contributed by atoms with Crippen LogP contribution in [-0.4, -0.2) is 35.1 Å². The van der Waals surface area contributed by atoms with E-state index in [9.17, 15) is 4.79 Å². The Morgan fingerprint density at radius 1 is 1.48 bits per heavy atom. The van der Waals surface area contributed by atoms with Crippen LogP contribution in [0.4, 0.5) is 0 Å². The van der Waals surface area contributed by atoms with Crippen LogP contribution < -0.4 is 0 Å². The second-order valence-electron chi connectivity index (χ2n) is 5.15. The van der Waals surface area contributed by atoms with E-state index >= 15 is 0 Å². The maximum atomic E-state index is 12.8. The van der Waals surface area contributed by atoms with E-state index in [-0.39, 0.29) is 18.6 Å². The van der Waals surface area contributed by atoms with Crippen molar-refractivity contribution in [2.45, 2.75) is 32.2 Å². The molecule has 1 amide bonds. The minimum Gasteiger partial charge on any atom is -0.384 e. The van der Waals surface area contributed by atoms with Gasteiger partial charge < -0.3 is 10.0 Å². The fourth-order valence-corrected chi connectivity index (χ4v) is 2.24. The highest BCUT2D eigenvalue weighted by Crippen LogP contribution is 2.29. The molecule has 1 aliphatic carbocycles. The maximum Gasteiger partial charge on any atom is 0.255 e. The number of rotatable bonds is 4. The third-order valence-corrected chi connectivity index (χ3v) is 3.42. The van der Waals surface area contributed by atoms with Gasteiger partial charge in [0.1, 0.15) is 6.61 Å². The third kappa shape index (κ3) is 3.84. The molecule has 4 heteroatoms. The minimum atomic E-state index is -0.234. The van der Waals surface area contributed by atoms with E-state index in [1.165, 1.54) is 0 Å². The molecule has 1 N–H and O–H groups in total. The standard InChI is InChI=1S/C17H18N2O2/c1-13-5-6-14(4-2-11-20)16(12-13)17(21)19(10-3-9-18)15-7-8-15/h5-6,12,15,20H,3,7-8,10-11H2,1H3. The summed E-state index contributed by atoms with van der Waals surface area (Å²) in [5, 5.41) is 17.6. The molecule has 0 bridgehead atoms. The Morgan fingerprint density at radius 3 is 2.86 bits per heavy atom. The average molecular weight is 282 g/mol. The number of aliphatic hydroxyl groups excluding tert-OH is 1. The van der Waals surface area contributed by atoms with Crippen molar-refractivity contribution in [2.75, 3.05) is 13.2 Å². The topological polar surface area (TPSA) is 64.3 Å². The summed E-state index contributed by atoms with van der Waals surface area (Å²) in [4.78, 5) is 14.5. The number of amides is 1. The van der Waals surface area contributed by atoms with Gasteiger partial charge in [0.25, 0.3) is 5.91 Å². The molecule has 1 fully saturated rings. The number of carbonyl (C=O) groups is 1. The van der Waals surface area contributed by atoms with Crippen LogP contribution in [-0.2, 0) is 0 Å². The summed E-state index contributed by atoms with van der Waals surface area (Å²) in [7, 11) is 0. The Morgan fingerprint density at radius 2 is 2.24 bits per heavy atom. The first kappa shape index (κ1) is 15.1. The lowest BCUT2D eigenvalue weighted by Gasteiger charge is -2.22. The summed E-state index contributed by atoms with van der Waals surface area (Å²) in [6.45, 7) is 2.15. The molecule has 0 saturated heterocycles. The molecule has 21 heavy (non-hydrogen) atoms. The van der Waals surface area contributed by atoms with Crippen molar-refractivity contribution in [1.29, 1.82) is 5.26 Å². The highest BCUT2D eigenvalue weighted by molar-refractivity contribution is 5.97. The second-order valence-corrected chi connectivity index (χ2v) is 5.15. The van der Waals surface area contributed by atoms with Crippen LogP contribution in [0.1, 0.15) is 40.7 Å². The fraction of sp³-hybridized carbons (Fsp3) is 0.412. The van der Waals surface area contributed by atoms with E-state index in [0.717, 1.165) is 18.4 Å². The first-order valence-electron chi connectivity index (χ1n) is 7.05. The molecule has 0 unspecified atom stereocenters.